The first-order chi connectivity index (χ1) is 10.3. The van der Waals surface area contributed by atoms with E-state index in [-0.39, 0.29) is 5.91 Å². The molecular weight excluding hydrogens is 268 g/mol. The third-order valence-corrected chi connectivity index (χ3v) is 3.94. The number of rotatable bonds is 5. The number of nitrogens with zero attached hydrogens (tertiary/aromatic N) is 1. The Kier molecular flexibility index (Phi) is 4.60. The van der Waals surface area contributed by atoms with E-state index in [2.05, 4.69) is 5.32 Å². The van der Waals surface area contributed by atoms with Crippen molar-refractivity contribution in [2.75, 3.05) is 32.8 Å². The first-order valence-electron chi connectivity index (χ1n) is 7.70. The van der Waals surface area contributed by atoms with Gasteiger partial charge in [0.1, 0.15) is 13.2 Å². The summed E-state index contributed by atoms with van der Waals surface area (Å²) in [6.45, 7) is 4.44. The average molecular weight is 290 g/mol. The van der Waals surface area contributed by atoms with Crippen molar-refractivity contribution in [1.82, 2.24) is 10.2 Å². The highest BCUT2D eigenvalue weighted by molar-refractivity contribution is 5.76. The van der Waals surface area contributed by atoms with Crippen LogP contribution in [0.3, 0.4) is 0 Å². The van der Waals surface area contributed by atoms with Gasteiger partial charge in [-0.2, -0.15) is 0 Å². The van der Waals surface area contributed by atoms with Crippen molar-refractivity contribution in [2.24, 2.45) is 0 Å². The van der Waals surface area contributed by atoms with Crippen LogP contribution >= 0.6 is 0 Å². The van der Waals surface area contributed by atoms with E-state index in [1.165, 1.54) is 0 Å². The van der Waals surface area contributed by atoms with Gasteiger partial charge in [0.2, 0.25) is 5.91 Å². The quantitative estimate of drug-likeness (QED) is 0.836. The first kappa shape index (κ1) is 14.2. The number of hydrogen-bond acceptors (Lipinski definition) is 4. The molecule has 0 atom stereocenters. The van der Waals surface area contributed by atoms with Crippen LogP contribution in [0.5, 0.6) is 11.5 Å². The number of carbonyl (C=O) groups is 1. The molecule has 0 radical (unpaired) electrons. The second kappa shape index (κ2) is 6.80. The number of nitrogens with one attached hydrogen (secondary N) is 1. The fourth-order valence-corrected chi connectivity index (χ4v) is 2.82. The predicted molar refractivity (Wildman–Crippen MR) is 79.6 cm³/mol. The molecule has 1 N–H and O–H groups in total. The molecule has 0 aliphatic carbocycles. The molecular formula is C16H22N2O3. The number of hydrogen-bond donors (Lipinski definition) is 1. The summed E-state index contributed by atoms with van der Waals surface area (Å²) in [4.78, 5) is 13.9. The van der Waals surface area contributed by atoms with Gasteiger partial charge in [-0.3, -0.25) is 4.79 Å². The number of ether oxygens (including phenoxy) is 2. The van der Waals surface area contributed by atoms with E-state index in [1.807, 2.05) is 23.1 Å². The Morgan fingerprint density at radius 1 is 1.19 bits per heavy atom. The number of para-hydroxylation sites is 1. The lowest BCUT2D eigenvalue weighted by molar-refractivity contribution is -0.130. The van der Waals surface area contributed by atoms with Gasteiger partial charge in [-0.05, 0) is 18.9 Å². The molecule has 3 rings (SSSR count). The molecule has 1 aromatic rings. The standard InChI is InChI=1S/C16H22N2O3/c19-15(18-8-1-2-9-18)6-7-17-12-13-4-3-5-14-16(13)21-11-10-20-14/h3-5,17H,1-2,6-12H2. The lowest BCUT2D eigenvalue weighted by atomic mass is 10.1. The fourth-order valence-electron chi connectivity index (χ4n) is 2.82. The van der Waals surface area contributed by atoms with Gasteiger partial charge >= 0.3 is 0 Å². The summed E-state index contributed by atoms with van der Waals surface area (Å²) in [6, 6.07) is 5.93. The van der Waals surface area contributed by atoms with Crippen LogP contribution in [-0.4, -0.2) is 43.7 Å². The summed E-state index contributed by atoms with van der Waals surface area (Å²) < 4.78 is 11.2. The highest BCUT2D eigenvalue weighted by Crippen LogP contribution is 2.33. The minimum Gasteiger partial charge on any atom is -0.486 e. The van der Waals surface area contributed by atoms with Crippen molar-refractivity contribution in [1.29, 1.82) is 0 Å². The molecule has 5 heteroatoms. The van der Waals surface area contributed by atoms with E-state index in [0.29, 0.717) is 32.7 Å². The highest BCUT2D eigenvalue weighted by Gasteiger charge is 2.18. The van der Waals surface area contributed by atoms with Gasteiger partial charge in [0.05, 0.1) is 0 Å². The van der Waals surface area contributed by atoms with Crippen molar-refractivity contribution in [3.8, 4) is 11.5 Å². The summed E-state index contributed by atoms with van der Waals surface area (Å²) in [6.07, 6.45) is 2.85. The normalized spacial score (nSPS) is 17.0. The van der Waals surface area contributed by atoms with E-state index in [1.54, 1.807) is 0 Å². The van der Waals surface area contributed by atoms with Gasteiger partial charge < -0.3 is 19.7 Å². The molecule has 0 bridgehead atoms. The number of benzene rings is 1. The van der Waals surface area contributed by atoms with Crippen LogP contribution in [0.25, 0.3) is 0 Å². The molecule has 2 aliphatic rings. The van der Waals surface area contributed by atoms with E-state index in [4.69, 9.17) is 9.47 Å². The van der Waals surface area contributed by atoms with Crippen molar-refractivity contribution in [2.45, 2.75) is 25.8 Å². The zero-order valence-electron chi connectivity index (χ0n) is 12.3. The van der Waals surface area contributed by atoms with Crippen molar-refractivity contribution in [3.05, 3.63) is 23.8 Å². The third-order valence-electron chi connectivity index (χ3n) is 3.94. The number of fused-ring (bicyclic) bond motifs is 1. The third kappa shape index (κ3) is 3.47. The maximum absolute atomic E-state index is 11.9. The maximum atomic E-state index is 11.9. The summed E-state index contributed by atoms with van der Waals surface area (Å²) >= 11 is 0. The predicted octanol–water partition coefficient (Wildman–Crippen LogP) is 1.56. The molecule has 2 heterocycles. The number of carbonyl (C=O) groups excluding carboxylic acids is 1. The minimum absolute atomic E-state index is 0.259. The SMILES string of the molecule is O=C(CCNCc1cccc2c1OCCO2)N1CCCC1. The molecule has 1 aromatic carbocycles. The van der Waals surface area contributed by atoms with Crippen LogP contribution < -0.4 is 14.8 Å². The topological polar surface area (TPSA) is 50.8 Å². The first-order valence-corrected chi connectivity index (χ1v) is 7.70. The van der Waals surface area contributed by atoms with Crippen LogP contribution in [0, 0.1) is 0 Å². The lowest BCUT2D eigenvalue weighted by Crippen LogP contribution is -2.30. The molecule has 1 saturated heterocycles. The Balaban J connectivity index is 1.46. The van der Waals surface area contributed by atoms with Crippen LogP contribution in [0.2, 0.25) is 0 Å². The van der Waals surface area contributed by atoms with Gasteiger partial charge in [-0.25, -0.2) is 0 Å². The number of likely N-dealkylation sites (tertiary alicyclic amines) is 1. The Morgan fingerprint density at radius 3 is 2.86 bits per heavy atom. The molecule has 21 heavy (non-hydrogen) atoms. The molecule has 1 amide bonds. The zero-order valence-corrected chi connectivity index (χ0v) is 12.3. The lowest BCUT2D eigenvalue weighted by Gasteiger charge is -2.21. The van der Waals surface area contributed by atoms with E-state index in [0.717, 1.165) is 43.0 Å². The zero-order chi connectivity index (χ0) is 14.5. The molecule has 2 aliphatic heterocycles. The maximum Gasteiger partial charge on any atom is 0.223 e. The van der Waals surface area contributed by atoms with Crippen molar-refractivity contribution < 1.29 is 14.3 Å². The van der Waals surface area contributed by atoms with E-state index < -0.39 is 0 Å². The Labute approximate surface area is 125 Å². The number of amides is 1. The molecule has 0 unspecified atom stereocenters. The van der Waals surface area contributed by atoms with Gasteiger partial charge in [-0.15, -0.1) is 0 Å². The monoisotopic (exact) mass is 290 g/mol. The van der Waals surface area contributed by atoms with E-state index in [9.17, 15) is 4.79 Å². The molecule has 0 aromatic heterocycles. The van der Waals surface area contributed by atoms with Crippen LogP contribution in [0.1, 0.15) is 24.8 Å². The summed E-state index contributed by atoms with van der Waals surface area (Å²) in [5, 5.41) is 3.32. The van der Waals surface area contributed by atoms with Gasteiger partial charge in [0, 0.05) is 38.2 Å². The van der Waals surface area contributed by atoms with Crippen molar-refractivity contribution >= 4 is 5.91 Å². The molecule has 0 spiro atoms. The smallest absolute Gasteiger partial charge is 0.223 e. The van der Waals surface area contributed by atoms with Crippen LogP contribution in [0.15, 0.2) is 18.2 Å². The van der Waals surface area contributed by atoms with Gasteiger partial charge in [0.25, 0.3) is 0 Å². The van der Waals surface area contributed by atoms with Gasteiger partial charge in [-0.1, -0.05) is 12.1 Å². The second-order valence-corrected chi connectivity index (χ2v) is 5.46. The molecule has 114 valence electrons. The Bertz CT molecular complexity index is 498. The molecule has 1 fully saturated rings. The Hall–Kier alpha value is -1.75. The Morgan fingerprint density at radius 2 is 2.00 bits per heavy atom. The average Bonchev–Trinajstić information content (AvgIpc) is 3.06. The second-order valence-electron chi connectivity index (χ2n) is 5.46. The molecule has 0 saturated carbocycles. The molecule has 5 nitrogen and oxygen atoms in total. The van der Waals surface area contributed by atoms with Crippen molar-refractivity contribution in [3.63, 3.8) is 0 Å². The summed E-state index contributed by atoms with van der Waals surface area (Å²) in [5.74, 6) is 1.91. The summed E-state index contributed by atoms with van der Waals surface area (Å²) in [5.41, 5.74) is 1.08. The minimum atomic E-state index is 0.259. The van der Waals surface area contributed by atoms with Crippen LogP contribution in [0.4, 0.5) is 0 Å². The highest BCUT2D eigenvalue weighted by atomic mass is 16.6. The largest absolute Gasteiger partial charge is 0.486 e. The van der Waals surface area contributed by atoms with Crippen LogP contribution in [-0.2, 0) is 11.3 Å². The fraction of sp³-hybridized carbons (Fsp3) is 0.562. The van der Waals surface area contributed by atoms with E-state index >= 15 is 0 Å². The summed E-state index contributed by atoms with van der Waals surface area (Å²) in [7, 11) is 0. The van der Waals surface area contributed by atoms with Gasteiger partial charge in [0.15, 0.2) is 11.5 Å².